The number of nitrogens with zero attached hydrogens (tertiary/aromatic N) is 3. The summed E-state index contributed by atoms with van der Waals surface area (Å²) in [7, 11) is 4.02. The van der Waals surface area contributed by atoms with Crippen LogP contribution >= 0.6 is 12.2 Å². The molecule has 5 rings (SSSR count). The molecule has 0 unspecified atom stereocenters. The van der Waals surface area contributed by atoms with E-state index in [1.54, 1.807) is 0 Å². The van der Waals surface area contributed by atoms with Gasteiger partial charge in [-0.05, 0) is 62.2 Å². The number of aromatic nitrogens is 2. The molecule has 9 heteroatoms. The Morgan fingerprint density at radius 3 is 2.55 bits per heavy atom. The Morgan fingerprint density at radius 2 is 1.73 bits per heavy atom. The van der Waals surface area contributed by atoms with Gasteiger partial charge in [-0.2, -0.15) is 4.98 Å². The van der Waals surface area contributed by atoms with Crippen molar-refractivity contribution in [2.24, 2.45) is 0 Å². The molecule has 0 spiro atoms. The van der Waals surface area contributed by atoms with E-state index in [1.807, 2.05) is 55.4 Å². The van der Waals surface area contributed by atoms with Crippen LogP contribution in [-0.4, -0.2) is 48.1 Å². The van der Waals surface area contributed by atoms with Crippen LogP contribution in [0.15, 0.2) is 42.5 Å². The van der Waals surface area contributed by atoms with Crippen LogP contribution in [-0.2, 0) is 0 Å². The lowest BCUT2D eigenvalue weighted by Crippen LogP contribution is -2.42. The number of ether oxygens (including phenoxy) is 2. The van der Waals surface area contributed by atoms with E-state index in [0.29, 0.717) is 23.1 Å². The maximum Gasteiger partial charge on any atom is 0.231 e. The third-order valence-corrected chi connectivity index (χ3v) is 6.25. The molecule has 0 bridgehead atoms. The van der Waals surface area contributed by atoms with Crippen molar-refractivity contribution in [1.29, 1.82) is 0 Å². The van der Waals surface area contributed by atoms with Crippen molar-refractivity contribution in [2.45, 2.75) is 37.8 Å². The minimum absolute atomic E-state index is 0.263. The highest BCUT2D eigenvalue weighted by Crippen LogP contribution is 2.34. The van der Waals surface area contributed by atoms with Gasteiger partial charge in [0, 0.05) is 43.3 Å². The number of thiocarbonyl (C=S) groups is 1. The minimum Gasteiger partial charge on any atom is -0.454 e. The van der Waals surface area contributed by atoms with Crippen LogP contribution in [0.2, 0.25) is 0 Å². The van der Waals surface area contributed by atoms with Crippen LogP contribution < -0.4 is 30.3 Å². The second-order valence-corrected chi connectivity index (χ2v) is 9.05. The molecule has 3 N–H and O–H groups in total. The molecular formula is C24H28N6O2S. The Kier molecular flexibility index (Phi) is 6.04. The van der Waals surface area contributed by atoms with Gasteiger partial charge in [0.25, 0.3) is 0 Å². The van der Waals surface area contributed by atoms with Crippen molar-refractivity contribution in [3.8, 4) is 11.5 Å². The summed E-state index contributed by atoms with van der Waals surface area (Å²) < 4.78 is 10.8. The lowest BCUT2D eigenvalue weighted by Gasteiger charge is -2.30. The Morgan fingerprint density at radius 1 is 0.970 bits per heavy atom. The average Bonchev–Trinajstić information content (AvgIpc) is 3.27. The molecule has 0 amide bonds. The second kappa shape index (κ2) is 9.27. The van der Waals surface area contributed by atoms with Gasteiger partial charge in [0.2, 0.25) is 12.7 Å². The number of nitrogens with one attached hydrogen (secondary N) is 3. The monoisotopic (exact) mass is 464 g/mol. The molecular weight excluding hydrogens is 436 g/mol. The number of fused-ring (bicyclic) bond motifs is 2. The summed E-state index contributed by atoms with van der Waals surface area (Å²) in [6.07, 6.45) is 4.10. The summed E-state index contributed by atoms with van der Waals surface area (Å²) in [5, 5.41) is 11.9. The SMILES string of the molecule is CN(C)c1nc(NC2CCC(NC(=S)Nc3ccc4c(c3)OCO4)CC2)nc2ccccc12. The number of benzene rings is 2. The number of hydrogen-bond acceptors (Lipinski definition) is 7. The van der Waals surface area contributed by atoms with Gasteiger partial charge in [-0.1, -0.05) is 12.1 Å². The molecule has 1 aliphatic carbocycles. The van der Waals surface area contributed by atoms with Crippen molar-refractivity contribution in [3.63, 3.8) is 0 Å². The van der Waals surface area contributed by atoms with Gasteiger partial charge in [0.15, 0.2) is 16.6 Å². The molecule has 8 nitrogen and oxygen atoms in total. The number of para-hydroxylation sites is 1. The van der Waals surface area contributed by atoms with Crippen LogP contribution in [0, 0.1) is 0 Å². The Balaban J connectivity index is 1.15. The fourth-order valence-electron chi connectivity index (χ4n) is 4.36. The molecule has 1 aliphatic heterocycles. The zero-order valence-electron chi connectivity index (χ0n) is 18.8. The minimum atomic E-state index is 0.263. The third kappa shape index (κ3) is 4.88. The summed E-state index contributed by atoms with van der Waals surface area (Å²) >= 11 is 5.53. The molecule has 3 aromatic rings. The molecule has 1 aromatic heterocycles. The Labute approximate surface area is 198 Å². The number of rotatable bonds is 5. The summed E-state index contributed by atoms with van der Waals surface area (Å²) in [6.45, 7) is 0.263. The molecule has 1 fully saturated rings. The lowest BCUT2D eigenvalue weighted by atomic mass is 9.91. The van der Waals surface area contributed by atoms with Crippen molar-refractivity contribution in [2.75, 3.05) is 36.4 Å². The van der Waals surface area contributed by atoms with Crippen LogP contribution in [0.1, 0.15) is 25.7 Å². The molecule has 1 saturated carbocycles. The van der Waals surface area contributed by atoms with E-state index >= 15 is 0 Å². The summed E-state index contributed by atoms with van der Waals surface area (Å²) in [5.74, 6) is 3.12. The van der Waals surface area contributed by atoms with E-state index in [1.165, 1.54) is 0 Å². The zero-order chi connectivity index (χ0) is 22.8. The molecule has 0 atom stereocenters. The first-order chi connectivity index (χ1) is 16.0. The number of anilines is 3. The van der Waals surface area contributed by atoms with E-state index < -0.39 is 0 Å². The van der Waals surface area contributed by atoms with Gasteiger partial charge < -0.3 is 30.3 Å². The van der Waals surface area contributed by atoms with Crippen LogP contribution in [0.4, 0.5) is 17.5 Å². The molecule has 172 valence electrons. The van der Waals surface area contributed by atoms with E-state index in [9.17, 15) is 0 Å². The fourth-order valence-corrected chi connectivity index (χ4v) is 4.64. The van der Waals surface area contributed by atoms with Crippen molar-refractivity contribution < 1.29 is 9.47 Å². The van der Waals surface area contributed by atoms with Gasteiger partial charge >= 0.3 is 0 Å². The van der Waals surface area contributed by atoms with Crippen LogP contribution in [0.3, 0.4) is 0 Å². The molecule has 2 heterocycles. The topological polar surface area (TPSA) is 83.6 Å². The van der Waals surface area contributed by atoms with Gasteiger partial charge in [0.05, 0.1) is 5.52 Å². The van der Waals surface area contributed by atoms with Gasteiger partial charge in [0.1, 0.15) is 5.82 Å². The first-order valence-electron chi connectivity index (χ1n) is 11.2. The maximum absolute atomic E-state index is 5.53. The lowest BCUT2D eigenvalue weighted by molar-refractivity contribution is 0.174. The number of hydrogen-bond donors (Lipinski definition) is 3. The first-order valence-corrected chi connectivity index (χ1v) is 11.6. The van der Waals surface area contributed by atoms with Crippen LogP contribution in [0.25, 0.3) is 10.9 Å². The quantitative estimate of drug-likeness (QED) is 0.483. The van der Waals surface area contributed by atoms with Crippen LogP contribution in [0.5, 0.6) is 11.5 Å². The molecule has 33 heavy (non-hydrogen) atoms. The fraction of sp³-hybridized carbons (Fsp3) is 0.375. The Hall–Kier alpha value is -3.33. The zero-order valence-corrected chi connectivity index (χ0v) is 19.6. The summed E-state index contributed by atoms with van der Waals surface area (Å²) in [6, 6.07) is 14.5. The summed E-state index contributed by atoms with van der Waals surface area (Å²) in [4.78, 5) is 11.5. The molecule has 2 aliphatic rings. The van der Waals surface area contributed by atoms with Gasteiger partial charge in [-0.3, -0.25) is 0 Å². The van der Waals surface area contributed by atoms with E-state index in [2.05, 4.69) is 22.0 Å². The molecule has 0 radical (unpaired) electrons. The van der Waals surface area contributed by atoms with Crippen molar-refractivity contribution in [3.05, 3.63) is 42.5 Å². The molecule has 0 saturated heterocycles. The predicted molar refractivity (Wildman–Crippen MR) is 135 cm³/mol. The van der Waals surface area contributed by atoms with Gasteiger partial charge in [-0.15, -0.1) is 0 Å². The standard InChI is InChI=1S/C24H28N6O2S/c1-30(2)22-18-5-3-4-6-19(18)28-23(29-22)25-15-7-9-16(10-8-15)26-24(33)27-17-11-12-20-21(13-17)32-14-31-20/h3-6,11-13,15-16H,7-10,14H2,1-2H3,(H,25,28,29)(H2,26,27,33). The highest BCUT2D eigenvalue weighted by atomic mass is 32.1. The first kappa shape index (κ1) is 21.5. The van der Waals surface area contributed by atoms with Gasteiger partial charge in [-0.25, -0.2) is 4.98 Å². The maximum atomic E-state index is 5.53. The highest BCUT2D eigenvalue weighted by Gasteiger charge is 2.23. The van der Waals surface area contributed by atoms with Crippen molar-refractivity contribution >= 4 is 45.7 Å². The largest absolute Gasteiger partial charge is 0.454 e. The Bertz CT molecular complexity index is 1160. The highest BCUT2D eigenvalue weighted by molar-refractivity contribution is 7.80. The van der Waals surface area contributed by atoms with E-state index in [-0.39, 0.29) is 6.79 Å². The summed E-state index contributed by atoms with van der Waals surface area (Å²) in [5.41, 5.74) is 1.84. The normalized spacial score (nSPS) is 19.2. The second-order valence-electron chi connectivity index (χ2n) is 8.64. The van der Waals surface area contributed by atoms with E-state index in [0.717, 1.165) is 59.6 Å². The molecule has 2 aromatic carbocycles. The van der Waals surface area contributed by atoms with Crippen molar-refractivity contribution in [1.82, 2.24) is 15.3 Å². The smallest absolute Gasteiger partial charge is 0.231 e. The van der Waals surface area contributed by atoms with E-state index in [4.69, 9.17) is 31.7 Å². The average molecular weight is 465 g/mol. The third-order valence-electron chi connectivity index (χ3n) is 6.03. The predicted octanol–water partition coefficient (Wildman–Crippen LogP) is 4.13.